The van der Waals surface area contributed by atoms with E-state index in [1.807, 2.05) is 0 Å². The first kappa shape index (κ1) is 16.5. The lowest BCUT2D eigenvalue weighted by atomic mass is 10.2. The van der Waals surface area contributed by atoms with Crippen molar-refractivity contribution in [2.45, 2.75) is 19.4 Å². The summed E-state index contributed by atoms with van der Waals surface area (Å²) in [5, 5.41) is 2.72. The van der Waals surface area contributed by atoms with Crippen molar-refractivity contribution in [3.63, 3.8) is 0 Å². The van der Waals surface area contributed by atoms with Crippen LogP contribution in [-0.4, -0.2) is 30.1 Å². The van der Waals surface area contributed by atoms with E-state index in [2.05, 4.69) is 10.3 Å². The minimum Gasteiger partial charge on any atom is -0.497 e. The van der Waals surface area contributed by atoms with Gasteiger partial charge in [-0.15, -0.1) is 0 Å². The van der Waals surface area contributed by atoms with Crippen LogP contribution in [-0.2, 0) is 9.53 Å². The molecule has 0 bridgehead atoms. The molecule has 0 fully saturated rings. The van der Waals surface area contributed by atoms with Crippen molar-refractivity contribution in [2.75, 3.05) is 12.4 Å². The minimum absolute atomic E-state index is 0.354. The lowest BCUT2D eigenvalue weighted by Crippen LogP contribution is -2.32. The number of carbonyl (C=O) groups excluding carboxylic acids is 2. The Morgan fingerprint density at radius 3 is 2.61 bits per heavy atom. The van der Waals surface area contributed by atoms with Crippen LogP contribution in [0.4, 0.5) is 5.69 Å². The van der Waals surface area contributed by atoms with Gasteiger partial charge in [0.15, 0.2) is 6.10 Å². The summed E-state index contributed by atoms with van der Waals surface area (Å²) >= 11 is 0. The van der Waals surface area contributed by atoms with Crippen LogP contribution in [0.5, 0.6) is 5.75 Å². The van der Waals surface area contributed by atoms with E-state index < -0.39 is 12.1 Å². The van der Waals surface area contributed by atoms with Gasteiger partial charge in [0.1, 0.15) is 5.75 Å². The molecule has 1 aromatic carbocycles. The summed E-state index contributed by atoms with van der Waals surface area (Å²) in [6.07, 6.45) is 2.48. The third-order valence-electron chi connectivity index (χ3n) is 3.17. The summed E-state index contributed by atoms with van der Waals surface area (Å²) < 4.78 is 10.4. The lowest BCUT2D eigenvalue weighted by molar-refractivity contribution is -0.124. The number of hydrogen-bond donors (Lipinski definition) is 1. The molecular formula is C17H18N2O4. The Morgan fingerprint density at radius 1 is 1.22 bits per heavy atom. The van der Waals surface area contributed by atoms with E-state index in [0.717, 1.165) is 0 Å². The standard InChI is InChI=1S/C17H18N2O4/c1-3-15(23-17(21)12-7-9-18-10-8-12)16(20)19-13-5-4-6-14(11-13)22-2/h4-11,15H,3H2,1-2H3,(H,19,20). The molecule has 6 heteroatoms. The van der Waals surface area contributed by atoms with Crippen LogP contribution >= 0.6 is 0 Å². The Kier molecular flexibility index (Phi) is 5.68. The fraction of sp³-hybridized carbons (Fsp3) is 0.235. The van der Waals surface area contributed by atoms with Crippen molar-refractivity contribution in [3.05, 3.63) is 54.4 Å². The Hall–Kier alpha value is -2.89. The summed E-state index contributed by atoms with van der Waals surface area (Å²) in [4.78, 5) is 28.1. The summed E-state index contributed by atoms with van der Waals surface area (Å²) in [7, 11) is 1.55. The number of benzene rings is 1. The molecule has 6 nitrogen and oxygen atoms in total. The SMILES string of the molecule is CCC(OC(=O)c1ccncc1)C(=O)Nc1cccc(OC)c1. The van der Waals surface area contributed by atoms with Gasteiger partial charge in [-0.05, 0) is 30.7 Å². The van der Waals surface area contributed by atoms with Gasteiger partial charge in [-0.3, -0.25) is 9.78 Å². The smallest absolute Gasteiger partial charge is 0.339 e. The van der Waals surface area contributed by atoms with Crippen LogP contribution < -0.4 is 10.1 Å². The minimum atomic E-state index is -0.873. The van der Waals surface area contributed by atoms with E-state index in [1.165, 1.54) is 24.5 Å². The Labute approximate surface area is 134 Å². The highest BCUT2D eigenvalue weighted by molar-refractivity contribution is 5.97. The van der Waals surface area contributed by atoms with Gasteiger partial charge in [-0.1, -0.05) is 13.0 Å². The molecule has 0 aliphatic rings. The van der Waals surface area contributed by atoms with E-state index in [0.29, 0.717) is 23.4 Å². The molecule has 2 aromatic rings. The van der Waals surface area contributed by atoms with Crippen molar-refractivity contribution in [2.24, 2.45) is 0 Å². The Morgan fingerprint density at radius 2 is 1.96 bits per heavy atom. The zero-order chi connectivity index (χ0) is 16.7. The van der Waals surface area contributed by atoms with Crippen molar-refractivity contribution in [1.82, 2.24) is 4.98 Å². The number of methoxy groups -OCH3 is 1. The number of esters is 1. The number of aromatic nitrogens is 1. The second-order valence-corrected chi connectivity index (χ2v) is 4.76. The molecular weight excluding hydrogens is 296 g/mol. The molecule has 1 atom stereocenters. The van der Waals surface area contributed by atoms with Crippen molar-refractivity contribution in [3.8, 4) is 5.75 Å². The van der Waals surface area contributed by atoms with Gasteiger partial charge in [0.25, 0.3) is 5.91 Å². The summed E-state index contributed by atoms with van der Waals surface area (Å²) in [5.41, 5.74) is 0.931. The molecule has 1 heterocycles. The molecule has 1 amide bonds. The number of pyridine rings is 1. The molecule has 0 radical (unpaired) electrons. The maximum Gasteiger partial charge on any atom is 0.339 e. The van der Waals surface area contributed by atoms with Gasteiger partial charge in [0.2, 0.25) is 0 Å². The Balaban J connectivity index is 2.02. The second kappa shape index (κ2) is 7.93. The van der Waals surface area contributed by atoms with Crippen molar-refractivity contribution in [1.29, 1.82) is 0 Å². The third kappa shape index (κ3) is 4.54. The molecule has 0 aliphatic carbocycles. The highest BCUT2D eigenvalue weighted by Gasteiger charge is 2.22. The van der Waals surface area contributed by atoms with Crippen molar-refractivity contribution < 1.29 is 19.1 Å². The van der Waals surface area contributed by atoms with Crippen molar-refractivity contribution >= 4 is 17.6 Å². The fourth-order valence-corrected chi connectivity index (χ4v) is 1.93. The number of carbonyl (C=O) groups is 2. The van der Waals surface area contributed by atoms with Gasteiger partial charge >= 0.3 is 5.97 Å². The maximum atomic E-state index is 12.3. The predicted molar refractivity (Wildman–Crippen MR) is 85.4 cm³/mol. The molecule has 0 aliphatic heterocycles. The number of rotatable bonds is 6. The first-order valence-corrected chi connectivity index (χ1v) is 7.20. The summed E-state index contributed by atoms with van der Waals surface area (Å²) in [6, 6.07) is 10.0. The fourth-order valence-electron chi connectivity index (χ4n) is 1.93. The summed E-state index contributed by atoms with van der Waals surface area (Å²) in [5.74, 6) is -0.312. The molecule has 120 valence electrons. The van der Waals surface area contributed by atoms with Gasteiger partial charge in [0.05, 0.1) is 12.7 Å². The van der Waals surface area contributed by atoms with Gasteiger partial charge < -0.3 is 14.8 Å². The van der Waals surface area contributed by atoms with E-state index in [-0.39, 0.29) is 5.91 Å². The lowest BCUT2D eigenvalue weighted by Gasteiger charge is -2.16. The second-order valence-electron chi connectivity index (χ2n) is 4.76. The van der Waals surface area contributed by atoms with E-state index in [4.69, 9.17) is 9.47 Å². The monoisotopic (exact) mass is 314 g/mol. The number of nitrogens with one attached hydrogen (secondary N) is 1. The quantitative estimate of drug-likeness (QED) is 0.829. The molecule has 0 saturated heterocycles. The number of nitrogens with zero attached hydrogens (tertiary/aromatic N) is 1. The number of amides is 1. The van der Waals surface area contributed by atoms with Crippen LogP contribution in [0.15, 0.2) is 48.8 Å². The first-order chi connectivity index (χ1) is 11.1. The molecule has 1 unspecified atom stereocenters. The highest BCUT2D eigenvalue weighted by atomic mass is 16.5. The van der Waals surface area contributed by atoms with Gasteiger partial charge in [-0.25, -0.2) is 4.79 Å². The normalized spacial score (nSPS) is 11.4. The van der Waals surface area contributed by atoms with E-state index in [9.17, 15) is 9.59 Å². The largest absolute Gasteiger partial charge is 0.497 e. The molecule has 0 spiro atoms. The number of ether oxygens (including phenoxy) is 2. The molecule has 1 N–H and O–H groups in total. The Bertz CT molecular complexity index is 673. The van der Waals surface area contributed by atoms with Gasteiger partial charge in [0, 0.05) is 24.1 Å². The van der Waals surface area contributed by atoms with Crippen LogP contribution in [0.2, 0.25) is 0 Å². The average Bonchev–Trinajstić information content (AvgIpc) is 2.60. The van der Waals surface area contributed by atoms with Crippen LogP contribution in [0.3, 0.4) is 0 Å². The number of hydrogen-bond acceptors (Lipinski definition) is 5. The van der Waals surface area contributed by atoms with Gasteiger partial charge in [-0.2, -0.15) is 0 Å². The first-order valence-electron chi connectivity index (χ1n) is 7.20. The van der Waals surface area contributed by atoms with E-state index >= 15 is 0 Å². The summed E-state index contributed by atoms with van der Waals surface area (Å²) in [6.45, 7) is 1.77. The molecule has 23 heavy (non-hydrogen) atoms. The van der Waals surface area contributed by atoms with Crippen LogP contribution in [0.25, 0.3) is 0 Å². The average molecular weight is 314 g/mol. The molecule has 1 aromatic heterocycles. The topological polar surface area (TPSA) is 77.5 Å². The van der Waals surface area contributed by atoms with Crippen LogP contribution in [0.1, 0.15) is 23.7 Å². The number of anilines is 1. The molecule has 2 rings (SSSR count). The maximum absolute atomic E-state index is 12.3. The van der Waals surface area contributed by atoms with E-state index in [1.54, 1.807) is 38.3 Å². The molecule has 0 saturated carbocycles. The third-order valence-corrected chi connectivity index (χ3v) is 3.17. The van der Waals surface area contributed by atoms with Crippen LogP contribution in [0, 0.1) is 0 Å². The zero-order valence-electron chi connectivity index (χ0n) is 13.0. The zero-order valence-corrected chi connectivity index (χ0v) is 13.0. The predicted octanol–water partition coefficient (Wildman–Crippen LogP) is 2.66. The highest BCUT2D eigenvalue weighted by Crippen LogP contribution is 2.17.